The van der Waals surface area contributed by atoms with Crippen LogP contribution >= 0.6 is 0 Å². The Morgan fingerprint density at radius 3 is 1.69 bits per heavy atom. The Bertz CT molecular complexity index is 4080. The third-order valence-electron chi connectivity index (χ3n) is 16.0. The van der Waals surface area contributed by atoms with E-state index < -0.39 is 0 Å². The molecule has 77 heavy (non-hydrogen) atoms. The molecule has 0 aliphatic heterocycles. The van der Waals surface area contributed by atoms with Crippen LogP contribution < -0.4 is 9.80 Å². The summed E-state index contributed by atoms with van der Waals surface area (Å²) in [6.07, 6.45) is 18.6. The molecule has 0 saturated carbocycles. The van der Waals surface area contributed by atoms with Crippen molar-refractivity contribution in [2.24, 2.45) is 5.92 Å². The van der Waals surface area contributed by atoms with Gasteiger partial charge in [-0.3, -0.25) is 0 Å². The van der Waals surface area contributed by atoms with Crippen LogP contribution in [0.15, 0.2) is 246 Å². The van der Waals surface area contributed by atoms with E-state index in [1.165, 1.54) is 100 Å². The third kappa shape index (κ3) is 8.69. The van der Waals surface area contributed by atoms with Crippen LogP contribution in [0, 0.1) is 72.3 Å². The molecule has 2 atom stereocenters. The number of aryl methyl sites for hydroxylation is 7. The Morgan fingerprint density at radius 1 is 0.494 bits per heavy atom. The van der Waals surface area contributed by atoms with Gasteiger partial charge in [0.1, 0.15) is 0 Å². The predicted molar refractivity (Wildman–Crippen MR) is 321 cm³/mol. The first-order valence-corrected chi connectivity index (χ1v) is 26.5. The van der Waals surface area contributed by atoms with Gasteiger partial charge in [0.2, 0.25) is 0 Å². The molecule has 4 aliphatic carbocycles. The van der Waals surface area contributed by atoms with Crippen LogP contribution in [0.3, 0.4) is 0 Å². The van der Waals surface area contributed by atoms with E-state index in [9.17, 15) is 5.26 Å². The number of benzene rings is 8. The van der Waals surface area contributed by atoms with Gasteiger partial charge >= 0.3 is 0 Å². The first-order valence-electron chi connectivity index (χ1n) is 26.5. The predicted octanol–water partition coefficient (Wildman–Crippen LogP) is 19.0. The van der Waals surface area contributed by atoms with Gasteiger partial charge < -0.3 is 9.80 Å². The molecule has 370 valence electrons. The van der Waals surface area contributed by atoms with Crippen molar-refractivity contribution in [2.45, 2.75) is 54.5 Å². The second-order valence-corrected chi connectivity index (χ2v) is 21.1. The van der Waals surface area contributed by atoms with Gasteiger partial charge in [0.25, 0.3) is 0 Å². The SMILES string of the molecule is [C-]#[N+]c1ccc(N(C2=C3C=CC4=C5C(=CC=C(C=C2)C35)C(N(c2ccc(C#N)cc2)c2ccc(-c3ccc(C)cc3C)cc2-c2ccccc2C)C=C4)c2ccc(-c3ccc(C)cc3C)cc2-c2ccc(C)cc2C)cc1. The zero-order valence-electron chi connectivity index (χ0n) is 44.7. The van der Waals surface area contributed by atoms with Crippen LogP contribution in [0.2, 0.25) is 0 Å². The molecular weight excluding hydrogens is 933 g/mol. The highest BCUT2D eigenvalue weighted by atomic mass is 15.2. The molecule has 0 saturated heterocycles. The second kappa shape index (κ2) is 19.7. The fraction of sp³-hybridized carbons (Fsp3) is 0.123. The fourth-order valence-electron chi connectivity index (χ4n) is 12.3. The van der Waals surface area contributed by atoms with Crippen molar-refractivity contribution in [1.82, 2.24) is 0 Å². The monoisotopic (exact) mass is 990 g/mol. The number of anilines is 4. The highest BCUT2D eigenvalue weighted by Gasteiger charge is 2.40. The van der Waals surface area contributed by atoms with Crippen LogP contribution in [0.4, 0.5) is 28.4 Å². The Hall–Kier alpha value is -9.48. The number of allylic oxidation sites excluding steroid dienone is 10. The van der Waals surface area contributed by atoms with Gasteiger partial charge in [-0.25, -0.2) is 4.85 Å². The largest absolute Gasteiger partial charge is 0.330 e. The maximum absolute atomic E-state index is 10.0. The lowest BCUT2D eigenvalue weighted by Gasteiger charge is -2.44. The maximum Gasteiger partial charge on any atom is 0.187 e. The van der Waals surface area contributed by atoms with Crippen molar-refractivity contribution in [3.63, 3.8) is 0 Å². The van der Waals surface area contributed by atoms with Gasteiger partial charge in [0, 0.05) is 34.1 Å². The second-order valence-electron chi connectivity index (χ2n) is 21.1. The molecule has 0 fully saturated rings. The van der Waals surface area contributed by atoms with Crippen molar-refractivity contribution < 1.29 is 0 Å². The zero-order chi connectivity index (χ0) is 53.1. The Morgan fingerprint density at radius 2 is 1.08 bits per heavy atom. The van der Waals surface area contributed by atoms with Crippen molar-refractivity contribution in [3.05, 3.63) is 302 Å². The zero-order valence-corrected chi connectivity index (χ0v) is 44.7. The molecule has 0 radical (unpaired) electrons. The molecule has 4 nitrogen and oxygen atoms in total. The van der Waals surface area contributed by atoms with E-state index >= 15 is 0 Å². The first-order chi connectivity index (χ1) is 37.5. The molecule has 0 bridgehead atoms. The Labute approximate surface area is 454 Å². The average molecular weight is 991 g/mol. The third-order valence-corrected chi connectivity index (χ3v) is 16.0. The standard InChI is InChI=1S/C73H58N4/c1-45-13-30-60(49(5)39-45)55-22-37-70(66(42-55)62-12-10-9-11-48(62)4)76(58-26-16-52(44-74)17-27-58)68-35-20-53-19-34-65-69(36-21-54-18-33-64(68)72(53)73(54)65)77(59-28-24-57(75-8)25-29-59)71-38-23-56(61-31-14-46(2)40-50(61)6)43-67(71)63-32-15-47(3)41-51(63)7/h9-43,68,73H,1-7H3. The summed E-state index contributed by atoms with van der Waals surface area (Å²) in [5.74, 6) is -0.0583. The molecule has 0 spiro atoms. The van der Waals surface area contributed by atoms with E-state index in [4.69, 9.17) is 6.57 Å². The minimum absolute atomic E-state index is 0.0583. The number of hydrogen-bond acceptors (Lipinski definition) is 3. The summed E-state index contributed by atoms with van der Waals surface area (Å²) in [5.41, 5.74) is 30.6. The molecule has 4 aliphatic rings. The van der Waals surface area contributed by atoms with Crippen LogP contribution in [-0.4, -0.2) is 6.04 Å². The molecule has 8 aromatic rings. The number of nitrogens with zero attached hydrogens (tertiary/aromatic N) is 4. The highest BCUT2D eigenvalue weighted by molar-refractivity contribution is 5.93. The molecule has 0 heterocycles. The number of rotatable bonds is 10. The Balaban J connectivity index is 1.04. The fourth-order valence-corrected chi connectivity index (χ4v) is 12.3. The smallest absolute Gasteiger partial charge is 0.187 e. The summed E-state index contributed by atoms with van der Waals surface area (Å²) in [7, 11) is 0. The maximum atomic E-state index is 10.0. The summed E-state index contributed by atoms with van der Waals surface area (Å²) in [6, 6.07) is 61.1. The lowest BCUT2D eigenvalue weighted by molar-refractivity contribution is 0.773. The van der Waals surface area contributed by atoms with E-state index in [1.54, 1.807) is 0 Å². The van der Waals surface area contributed by atoms with Gasteiger partial charge in [-0.15, -0.1) is 0 Å². The lowest BCUT2D eigenvalue weighted by Crippen LogP contribution is -2.37. The highest BCUT2D eigenvalue weighted by Crippen LogP contribution is 2.54. The molecular formula is C73H58N4. The number of hydrogen-bond donors (Lipinski definition) is 0. The molecule has 0 aromatic heterocycles. The van der Waals surface area contributed by atoms with Gasteiger partial charge in [0.15, 0.2) is 5.69 Å². The minimum atomic E-state index is -0.206. The van der Waals surface area contributed by atoms with E-state index in [-0.39, 0.29) is 12.0 Å². The van der Waals surface area contributed by atoms with E-state index in [0.29, 0.717) is 11.3 Å². The summed E-state index contributed by atoms with van der Waals surface area (Å²) < 4.78 is 0. The van der Waals surface area contributed by atoms with Crippen molar-refractivity contribution in [2.75, 3.05) is 9.80 Å². The molecule has 12 rings (SSSR count). The van der Waals surface area contributed by atoms with Gasteiger partial charge in [-0.1, -0.05) is 162 Å². The lowest BCUT2D eigenvalue weighted by atomic mass is 9.67. The quantitative estimate of drug-likeness (QED) is 0.128. The van der Waals surface area contributed by atoms with Crippen molar-refractivity contribution >= 4 is 28.4 Å². The van der Waals surface area contributed by atoms with Crippen LogP contribution in [0.25, 0.3) is 49.4 Å². The van der Waals surface area contributed by atoms with Crippen LogP contribution in [-0.2, 0) is 0 Å². The number of nitriles is 1. The topological polar surface area (TPSA) is 34.6 Å². The molecule has 0 N–H and O–H groups in total. The Kier molecular flexibility index (Phi) is 12.4. The van der Waals surface area contributed by atoms with E-state index in [0.717, 1.165) is 39.6 Å². The molecule has 2 unspecified atom stereocenters. The van der Waals surface area contributed by atoms with Gasteiger partial charge in [-0.2, -0.15) is 5.26 Å². The minimum Gasteiger partial charge on any atom is -0.330 e. The van der Waals surface area contributed by atoms with E-state index in [1.807, 2.05) is 24.3 Å². The summed E-state index contributed by atoms with van der Waals surface area (Å²) >= 11 is 0. The first kappa shape index (κ1) is 48.5. The van der Waals surface area contributed by atoms with Crippen molar-refractivity contribution in [3.8, 4) is 50.6 Å². The molecule has 0 amide bonds. The normalized spacial score (nSPS) is 15.9. The summed E-state index contributed by atoms with van der Waals surface area (Å²) in [5, 5.41) is 10.0. The van der Waals surface area contributed by atoms with Crippen LogP contribution in [0.1, 0.15) is 44.5 Å². The van der Waals surface area contributed by atoms with Gasteiger partial charge in [0.05, 0.1) is 35.6 Å². The van der Waals surface area contributed by atoms with Crippen molar-refractivity contribution in [1.29, 1.82) is 5.26 Å². The average Bonchev–Trinajstić information content (AvgIpc) is 3.57. The van der Waals surface area contributed by atoms with Gasteiger partial charge in [-0.05, 0) is 199 Å². The van der Waals surface area contributed by atoms with Crippen LogP contribution in [0.5, 0.6) is 0 Å². The summed E-state index contributed by atoms with van der Waals surface area (Å²) in [4.78, 5) is 8.72. The molecule has 8 aromatic carbocycles. The molecule has 4 heteroatoms. The summed E-state index contributed by atoms with van der Waals surface area (Å²) in [6.45, 7) is 23.2. The van der Waals surface area contributed by atoms with E-state index in [2.05, 4.69) is 257 Å².